The Labute approximate surface area is 124 Å². The minimum absolute atomic E-state index is 0.0106. The second-order valence-electron chi connectivity index (χ2n) is 3.95. The first kappa shape index (κ1) is 14.6. The van der Waals surface area contributed by atoms with Gasteiger partial charge in [-0.05, 0) is 18.2 Å². The van der Waals surface area contributed by atoms with E-state index in [9.17, 15) is 14.9 Å². The van der Waals surface area contributed by atoms with Crippen molar-refractivity contribution in [3.8, 4) is 0 Å². The normalized spacial score (nSPS) is 10.2. The van der Waals surface area contributed by atoms with E-state index in [2.05, 4.69) is 0 Å². The molecule has 0 unspecified atom stereocenters. The van der Waals surface area contributed by atoms with Crippen molar-refractivity contribution in [2.45, 2.75) is 4.90 Å². The van der Waals surface area contributed by atoms with E-state index >= 15 is 0 Å². The molecule has 20 heavy (non-hydrogen) atoms. The Morgan fingerprint density at radius 1 is 1.20 bits per heavy atom. The minimum Gasteiger partial charge on any atom is -0.293 e. The van der Waals surface area contributed by atoms with Crippen LogP contribution in [-0.2, 0) is 0 Å². The van der Waals surface area contributed by atoms with Crippen molar-refractivity contribution in [1.29, 1.82) is 0 Å². The third-order valence-electron chi connectivity index (χ3n) is 2.57. The molecule has 0 amide bonds. The molecule has 4 nitrogen and oxygen atoms in total. The molecule has 0 saturated carbocycles. The molecule has 0 aliphatic carbocycles. The van der Waals surface area contributed by atoms with Gasteiger partial charge in [-0.2, -0.15) is 0 Å². The number of nitro groups is 1. The van der Waals surface area contributed by atoms with Crippen molar-refractivity contribution >= 4 is 34.8 Å². The second-order valence-corrected chi connectivity index (χ2v) is 5.40. The molecule has 6 heteroatoms. The lowest BCUT2D eigenvalue weighted by molar-refractivity contribution is -0.387. The van der Waals surface area contributed by atoms with Crippen LogP contribution in [0.25, 0.3) is 0 Å². The van der Waals surface area contributed by atoms with Crippen molar-refractivity contribution < 1.29 is 9.72 Å². The van der Waals surface area contributed by atoms with E-state index < -0.39 is 4.92 Å². The SMILES string of the molecule is O=C(CSc1ccccc1[N+](=O)[O-])c1cccc(Cl)c1. The number of carbonyl (C=O) groups is 1. The number of hydrogen-bond acceptors (Lipinski definition) is 4. The first-order valence-corrected chi connectivity index (χ1v) is 7.09. The van der Waals surface area contributed by atoms with Gasteiger partial charge in [0, 0.05) is 16.7 Å². The average Bonchev–Trinajstić information content (AvgIpc) is 2.45. The van der Waals surface area contributed by atoms with Crippen molar-refractivity contribution in [2.24, 2.45) is 0 Å². The van der Waals surface area contributed by atoms with Gasteiger partial charge in [-0.25, -0.2) is 0 Å². The van der Waals surface area contributed by atoms with Crippen LogP contribution in [0.2, 0.25) is 5.02 Å². The van der Waals surface area contributed by atoms with Gasteiger partial charge in [0.05, 0.1) is 15.6 Å². The number of rotatable bonds is 5. The summed E-state index contributed by atoms with van der Waals surface area (Å²) in [5.74, 6) is 0.0150. The lowest BCUT2D eigenvalue weighted by Crippen LogP contribution is -2.02. The molecule has 0 radical (unpaired) electrons. The molecule has 0 saturated heterocycles. The Morgan fingerprint density at radius 3 is 2.65 bits per heavy atom. The fourth-order valence-corrected chi connectivity index (χ4v) is 2.73. The number of benzene rings is 2. The molecule has 2 aromatic rings. The van der Waals surface area contributed by atoms with E-state index in [1.807, 2.05) is 0 Å². The number of hydrogen-bond donors (Lipinski definition) is 0. The smallest absolute Gasteiger partial charge is 0.282 e. The van der Waals surface area contributed by atoms with Gasteiger partial charge in [-0.3, -0.25) is 14.9 Å². The molecule has 0 N–H and O–H groups in total. The van der Waals surface area contributed by atoms with E-state index in [-0.39, 0.29) is 17.2 Å². The van der Waals surface area contributed by atoms with Gasteiger partial charge in [0.15, 0.2) is 5.78 Å². The summed E-state index contributed by atoms with van der Waals surface area (Å²) in [6.45, 7) is 0. The van der Waals surface area contributed by atoms with E-state index in [1.54, 1.807) is 42.5 Å². The standard InChI is InChI=1S/C14H10ClNO3S/c15-11-5-3-4-10(8-11)13(17)9-20-14-7-2-1-6-12(14)16(18)19/h1-8H,9H2. The third kappa shape index (κ3) is 3.59. The maximum absolute atomic E-state index is 12.0. The topological polar surface area (TPSA) is 60.2 Å². The molecule has 0 atom stereocenters. The maximum Gasteiger partial charge on any atom is 0.282 e. The maximum atomic E-state index is 12.0. The van der Waals surface area contributed by atoms with E-state index in [1.165, 1.54) is 6.07 Å². The van der Waals surface area contributed by atoms with E-state index in [0.29, 0.717) is 15.5 Å². The zero-order chi connectivity index (χ0) is 14.5. The third-order valence-corrected chi connectivity index (χ3v) is 3.87. The lowest BCUT2D eigenvalue weighted by atomic mass is 10.1. The highest BCUT2D eigenvalue weighted by Gasteiger charge is 2.15. The molecule has 2 aromatic carbocycles. The van der Waals surface area contributed by atoms with Gasteiger partial charge in [-0.1, -0.05) is 35.9 Å². The molecule has 0 heterocycles. The molecular weight excluding hydrogens is 298 g/mol. The molecule has 0 fully saturated rings. The predicted molar refractivity (Wildman–Crippen MR) is 79.6 cm³/mol. The summed E-state index contributed by atoms with van der Waals surface area (Å²) in [6, 6.07) is 13.0. The Kier molecular flexibility index (Phi) is 4.76. The van der Waals surface area contributed by atoms with Gasteiger partial charge >= 0.3 is 0 Å². The average molecular weight is 308 g/mol. The Morgan fingerprint density at radius 2 is 1.95 bits per heavy atom. The molecule has 102 valence electrons. The van der Waals surface area contributed by atoms with Gasteiger partial charge in [0.2, 0.25) is 0 Å². The number of Topliss-reactive ketones (excluding diaryl/α,β-unsaturated/α-hetero) is 1. The summed E-state index contributed by atoms with van der Waals surface area (Å²) in [6.07, 6.45) is 0. The fourth-order valence-electron chi connectivity index (χ4n) is 1.62. The van der Waals surface area contributed by atoms with Crippen molar-refractivity contribution in [2.75, 3.05) is 5.75 Å². The first-order chi connectivity index (χ1) is 9.58. The monoisotopic (exact) mass is 307 g/mol. The quantitative estimate of drug-likeness (QED) is 0.359. The highest BCUT2D eigenvalue weighted by atomic mass is 35.5. The Hall–Kier alpha value is -1.85. The van der Waals surface area contributed by atoms with Gasteiger partial charge in [0.1, 0.15) is 0 Å². The molecule has 0 aliphatic heterocycles. The van der Waals surface area contributed by atoms with E-state index in [0.717, 1.165) is 11.8 Å². The second kappa shape index (κ2) is 6.54. The van der Waals surface area contributed by atoms with Crippen LogP contribution in [0.3, 0.4) is 0 Å². The van der Waals surface area contributed by atoms with Crippen LogP contribution in [0.15, 0.2) is 53.4 Å². The van der Waals surface area contributed by atoms with Crippen LogP contribution in [0.1, 0.15) is 10.4 Å². The van der Waals surface area contributed by atoms with Crippen molar-refractivity contribution in [3.63, 3.8) is 0 Å². The van der Waals surface area contributed by atoms with Crippen molar-refractivity contribution in [3.05, 3.63) is 69.2 Å². The predicted octanol–water partition coefficient (Wildman–Crippen LogP) is 4.22. The lowest BCUT2D eigenvalue weighted by Gasteiger charge is -2.03. The summed E-state index contributed by atoms with van der Waals surface area (Å²) < 4.78 is 0. The zero-order valence-electron chi connectivity index (χ0n) is 10.3. The summed E-state index contributed by atoms with van der Waals surface area (Å²) in [5, 5.41) is 11.4. The Balaban J connectivity index is 2.09. The molecule has 2 rings (SSSR count). The van der Waals surface area contributed by atoms with Crippen LogP contribution in [0.4, 0.5) is 5.69 Å². The minimum atomic E-state index is -0.452. The molecule has 0 aromatic heterocycles. The number of halogens is 1. The van der Waals surface area contributed by atoms with Crippen LogP contribution in [0.5, 0.6) is 0 Å². The molecule has 0 spiro atoms. The summed E-state index contributed by atoms with van der Waals surface area (Å²) in [7, 11) is 0. The number of para-hydroxylation sites is 1. The summed E-state index contributed by atoms with van der Waals surface area (Å²) in [5.41, 5.74) is 0.514. The molecule has 0 aliphatic rings. The zero-order valence-corrected chi connectivity index (χ0v) is 11.9. The number of carbonyl (C=O) groups excluding carboxylic acids is 1. The van der Waals surface area contributed by atoms with Crippen LogP contribution >= 0.6 is 23.4 Å². The van der Waals surface area contributed by atoms with Gasteiger partial charge in [-0.15, -0.1) is 11.8 Å². The largest absolute Gasteiger partial charge is 0.293 e. The first-order valence-electron chi connectivity index (χ1n) is 5.73. The number of ketones is 1. The van der Waals surface area contributed by atoms with Gasteiger partial charge in [0.25, 0.3) is 5.69 Å². The summed E-state index contributed by atoms with van der Waals surface area (Å²) in [4.78, 5) is 22.9. The van der Waals surface area contributed by atoms with Crippen LogP contribution < -0.4 is 0 Å². The highest BCUT2D eigenvalue weighted by molar-refractivity contribution is 8.00. The van der Waals surface area contributed by atoms with Crippen molar-refractivity contribution in [1.82, 2.24) is 0 Å². The highest BCUT2D eigenvalue weighted by Crippen LogP contribution is 2.29. The number of nitro benzene ring substituents is 1. The summed E-state index contributed by atoms with van der Waals surface area (Å²) >= 11 is 6.97. The van der Waals surface area contributed by atoms with E-state index in [4.69, 9.17) is 11.6 Å². The molecular formula is C14H10ClNO3S. The number of nitrogens with zero attached hydrogens (tertiary/aromatic N) is 1. The fraction of sp³-hybridized carbons (Fsp3) is 0.0714. The molecule has 0 bridgehead atoms. The van der Waals surface area contributed by atoms with Crippen LogP contribution in [-0.4, -0.2) is 16.5 Å². The van der Waals surface area contributed by atoms with Gasteiger partial charge < -0.3 is 0 Å². The Bertz CT molecular complexity index is 660. The van der Waals surface area contributed by atoms with Crippen LogP contribution in [0, 0.1) is 10.1 Å². The number of thioether (sulfide) groups is 1.